The number of rotatable bonds is 4. The van der Waals surface area contributed by atoms with E-state index in [0.717, 1.165) is 5.56 Å². The van der Waals surface area contributed by atoms with Crippen LogP contribution in [0.25, 0.3) is 0 Å². The summed E-state index contributed by atoms with van der Waals surface area (Å²) in [5, 5.41) is 13.5. The minimum Gasteiger partial charge on any atom is -0.362 e. The first-order valence-electron chi connectivity index (χ1n) is 5.36. The van der Waals surface area contributed by atoms with Crippen LogP contribution in [0.2, 0.25) is 0 Å². The van der Waals surface area contributed by atoms with Crippen molar-refractivity contribution >= 4 is 11.5 Å². The molecule has 0 radical (unpaired) electrons. The zero-order chi connectivity index (χ0) is 13.8. The molecule has 0 aliphatic carbocycles. The number of anilines is 1. The molecule has 98 valence electrons. The van der Waals surface area contributed by atoms with Crippen molar-refractivity contribution in [2.24, 2.45) is 0 Å². The predicted molar refractivity (Wildman–Crippen MR) is 68.1 cm³/mol. The molecule has 0 bridgehead atoms. The second kappa shape index (κ2) is 5.17. The van der Waals surface area contributed by atoms with E-state index in [2.05, 4.69) is 10.3 Å². The van der Waals surface area contributed by atoms with Gasteiger partial charge in [-0.1, -0.05) is 30.3 Å². The molecule has 8 heteroatoms. The first-order chi connectivity index (χ1) is 9.08. The minimum absolute atomic E-state index is 0.206. The van der Waals surface area contributed by atoms with Crippen molar-refractivity contribution in [1.82, 2.24) is 9.97 Å². The quantitative estimate of drug-likeness (QED) is 0.549. The number of H-pyrrole nitrogens is 2. The Labute approximate surface area is 106 Å². The van der Waals surface area contributed by atoms with Gasteiger partial charge in [-0.3, -0.25) is 24.9 Å². The van der Waals surface area contributed by atoms with Crippen molar-refractivity contribution in [3.05, 3.63) is 66.8 Å². The molecule has 2 aromatic rings. The Morgan fingerprint density at radius 2 is 1.84 bits per heavy atom. The third-order valence-corrected chi connectivity index (χ3v) is 2.41. The first kappa shape index (κ1) is 12.6. The van der Waals surface area contributed by atoms with Gasteiger partial charge in [0.05, 0.1) is 4.92 Å². The molecule has 8 nitrogen and oxygen atoms in total. The molecule has 3 N–H and O–H groups in total. The van der Waals surface area contributed by atoms with Gasteiger partial charge in [-0.15, -0.1) is 0 Å². The number of hydrogen-bond acceptors (Lipinski definition) is 5. The van der Waals surface area contributed by atoms with Crippen molar-refractivity contribution in [2.45, 2.75) is 6.54 Å². The third-order valence-electron chi connectivity index (χ3n) is 2.41. The van der Waals surface area contributed by atoms with Crippen LogP contribution in [0.4, 0.5) is 11.5 Å². The van der Waals surface area contributed by atoms with Crippen molar-refractivity contribution in [1.29, 1.82) is 0 Å². The van der Waals surface area contributed by atoms with Gasteiger partial charge in [0.25, 0.3) is 0 Å². The number of hydrogen-bond donors (Lipinski definition) is 3. The minimum atomic E-state index is -1.04. The van der Waals surface area contributed by atoms with E-state index in [9.17, 15) is 19.7 Å². The molecular weight excluding hydrogens is 252 g/mol. The van der Waals surface area contributed by atoms with Crippen molar-refractivity contribution in [3.63, 3.8) is 0 Å². The van der Waals surface area contributed by atoms with Crippen LogP contribution in [0.3, 0.4) is 0 Å². The summed E-state index contributed by atoms with van der Waals surface area (Å²) in [6, 6.07) is 9.08. The fourth-order valence-corrected chi connectivity index (χ4v) is 1.57. The molecule has 1 heterocycles. The van der Waals surface area contributed by atoms with Gasteiger partial charge in [-0.05, 0) is 5.56 Å². The molecular formula is C11H10N4O4. The maximum Gasteiger partial charge on any atom is 0.373 e. The van der Waals surface area contributed by atoms with Crippen LogP contribution < -0.4 is 16.6 Å². The number of nitro groups is 1. The fourth-order valence-electron chi connectivity index (χ4n) is 1.57. The standard InChI is InChI=1S/C11H10N4O4/c16-10-8(15(18)19)9(13-11(17)14-10)12-6-7-4-2-1-3-5-7/h1-5H,6H2,(H3,12,13,14,16,17). The van der Waals surface area contributed by atoms with E-state index in [1.165, 1.54) is 0 Å². The summed E-state index contributed by atoms with van der Waals surface area (Å²) in [4.78, 5) is 36.4. The number of aromatic nitrogens is 2. The lowest BCUT2D eigenvalue weighted by Gasteiger charge is -2.05. The summed E-state index contributed by atoms with van der Waals surface area (Å²) in [6.07, 6.45) is 0. The number of nitrogens with zero attached hydrogens (tertiary/aromatic N) is 1. The van der Waals surface area contributed by atoms with Crippen LogP contribution >= 0.6 is 0 Å². The van der Waals surface area contributed by atoms with E-state index < -0.39 is 21.9 Å². The van der Waals surface area contributed by atoms with Gasteiger partial charge in [0, 0.05) is 6.54 Å². The Morgan fingerprint density at radius 1 is 1.16 bits per heavy atom. The summed E-state index contributed by atoms with van der Waals surface area (Å²) in [6.45, 7) is 0.251. The Balaban J connectivity index is 2.32. The monoisotopic (exact) mass is 262 g/mol. The smallest absolute Gasteiger partial charge is 0.362 e. The molecule has 19 heavy (non-hydrogen) atoms. The maximum atomic E-state index is 11.4. The molecule has 0 unspecified atom stereocenters. The maximum absolute atomic E-state index is 11.4. The molecule has 0 amide bonds. The number of nitrogens with one attached hydrogen (secondary N) is 3. The van der Waals surface area contributed by atoms with Gasteiger partial charge in [0.2, 0.25) is 0 Å². The zero-order valence-electron chi connectivity index (χ0n) is 9.67. The van der Waals surface area contributed by atoms with Crippen molar-refractivity contribution < 1.29 is 4.92 Å². The van der Waals surface area contributed by atoms with Gasteiger partial charge in [0.15, 0.2) is 5.82 Å². The Kier molecular flexibility index (Phi) is 3.42. The number of benzene rings is 1. The van der Waals surface area contributed by atoms with E-state index >= 15 is 0 Å². The lowest BCUT2D eigenvalue weighted by molar-refractivity contribution is -0.385. The normalized spacial score (nSPS) is 10.1. The highest BCUT2D eigenvalue weighted by Crippen LogP contribution is 2.14. The van der Waals surface area contributed by atoms with Crippen LogP contribution in [0, 0.1) is 10.1 Å². The average molecular weight is 262 g/mol. The Hall–Kier alpha value is -2.90. The van der Waals surface area contributed by atoms with Crippen LogP contribution in [0.1, 0.15) is 5.56 Å². The SMILES string of the molecule is O=c1[nH]c(NCc2ccccc2)c([N+](=O)[O-])c(=O)[nH]1. The van der Waals surface area contributed by atoms with E-state index in [0.29, 0.717) is 0 Å². The predicted octanol–water partition coefficient (Wildman–Crippen LogP) is 0.584. The van der Waals surface area contributed by atoms with Gasteiger partial charge in [-0.25, -0.2) is 4.79 Å². The summed E-state index contributed by atoms with van der Waals surface area (Å²) in [7, 11) is 0. The molecule has 0 aliphatic rings. The van der Waals surface area contributed by atoms with Crippen LogP contribution in [-0.4, -0.2) is 14.9 Å². The van der Waals surface area contributed by atoms with Crippen molar-refractivity contribution in [2.75, 3.05) is 5.32 Å². The second-order valence-corrected chi connectivity index (χ2v) is 3.73. The lowest BCUT2D eigenvalue weighted by Crippen LogP contribution is -2.26. The lowest BCUT2D eigenvalue weighted by atomic mass is 10.2. The summed E-state index contributed by atoms with van der Waals surface area (Å²) >= 11 is 0. The summed E-state index contributed by atoms with van der Waals surface area (Å²) in [5.41, 5.74) is -1.69. The molecule has 2 rings (SSSR count). The van der Waals surface area contributed by atoms with E-state index in [-0.39, 0.29) is 12.4 Å². The highest BCUT2D eigenvalue weighted by atomic mass is 16.6. The van der Waals surface area contributed by atoms with E-state index in [1.54, 1.807) is 0 Å². The first-order valence-corrected chi connectivity index (χ1v) is 5.36. The van der Waals surface area contributed by atoms with Gasteiger partial charge in [-0.2, -0.15) is 0 Å². The molecule has 0 fully saturated rings. The summed E-state index contributed by atoms with van der Waals surface area (Å²) < 4.78 is 0. The largest absolute Gasteiger partial charge is 0.373 e. The molecule has 0 aliphatic heterocycles. The molecule has 0 saturated carbocycles. The number of aromatic amines is 2. The average Bonchev–Trinajstić information content (AvgIpc) is 2.36. The highest BCUT2D eigenvalue weighted by molar-refractivity contribution is 5.53. The van der Waals surface area contributed by atoms with Crippen LogP contribution in [-0.2, 0) is 6.54 Å². The molecule has 1 aromatic heterocycles. The topological polar surface area (TPSA) is 121 Å². The van der Waals surface area contributed by atoms with Crippen LogP contribution in [0.5, 0.6) is 0 Å². The third kappa shape index (κ3) is 2.86. The molecule has 1 aromatic carbocycles. The van der Waals surface area contributed by atoms with E-state index in [4.69, 9.17) is 0 Å². The van der Waals surface area contributed by atoms with Crippen LogP contribution in [0.15, 0.2) is 39.9 Å². The van der Waals surface area contributed by atoms with Gasteiger partial charge in [0.1, 0.15) is 0 Å². The highest BCUT2D eigenvalue weighted by Gasteiger charge is 2.20. The fraction of sp³-hybridized carbons (Fsp3) is 0.0909. The van der Waals surface area contributed by atoms with E-state index in [1.807, 2.05) is 35.3 Å². The molecule has 0 spiro atoms. The Bertz CT molecular complexity index is 705. The van der Waals surface area contributed by atoms with Gasteiger partial charge >= 0.3 is 16.9 Å². The summed E-state index contributed by atoms with van der Waals surface area (Å²) in [5.74, 6) is -0.206. The molecule has 0 saturated heterocycles. The van der Waals surface area contributed by atoms with Gasteiger partial charge < -0.3 is 5.32 Å². The van der Waals surface area contributed by atoms with Crippen molar-refractivity contribution in [3.8, 4) is 0 Å². The Morgan fingerprint density at radius 3 is 2.47 bits per heavy atom. The molecule has 0 atom stereocenters. The zero-order valence-corrected chi connectivity index (χ0v) is 9.67. The second-order valence-electron chi connectivity index (χ2n) is 3.73.